The molecule has 188 valence electrons. The van der Waals surface area contributed by atoms with E-state index in [1.54, 1.807) is 25.1 Å². The average molecular weight is 488 g/mol. The molecule has 10 heteroatoms. The van der Waals surface area contributed by atoms with E-state index in [1.807, 2.05) is 0 Å². The number of hydrogen-bond donors (Lipinski definition) is 3. The molecule has 1 saturated carbocycles. The first-order chi connectivity index (χ1) is 16.9. The summed E-state index contributed by atoms with van der Waals surface area (Å²) < 4.78 is 23.2. The molecule has 4 rings (SSSR count). The van der Waals surface area contributed by atoms with Crippen LogP contribution in [0.4, 0.5) is 9.18 Å². The number of amides is 1. The number of nitrogens with zero attached hydrogens (tertiary/aromatic N) is 2. The van der Waals surface area contributed by atoms with E-state index >= 15 is 0 Å². The number of aromatic nitrogens is 2. The Kier molecular flexibility index (Phi) is 11.7. The third-order valence-electron chi connectivity index (χ3n) is 5.16. The molecule has 2 heterocycles. The molecule has 0 atom stereocenters. The summed E-state index contributed by atoms with van der Waals surface area (Å²) in [4.78, 5) is 24.3. The fraction of sp³-hybridized carbons (Fsp3) is 0.360. The van der Waals surface area contributed by atoms with Crippen molar-refractivity contribution in [2.75, 3.05) is 0 Å². The molecule has 9 nitrogen and oxygen atoms in total. The van der Waals surface area contributed by atoms with E-state index in [2.05, 4.69) is 15.5 Å². The van der Waals surface area contributed by atoms with Crippen molar-refractivity contribution in [1.29, 1.82) is 0 Å². The predicted molar refractivity (Wildman–Crippen MR) is 126 cm³/mol. The summed E-state index contributed by atoms with van der Waals surface area (Å²) in [7, 11) is 0. The van der Waals surface area contributed by atoms with Gasteiger partial charge in [-0.25, -0.2) is 14.2 Å². The highest BCUT2D eigenvalue weighted by Crippen LogP contribution is 2.25. The maximum atomic E-state index is 12.8. The van der Waals surface area contributed by atoms with Crippen LogP contribution in [-0.4, -0.2) is 32.9 Å². The van der Waals surface area contributed by atoms with Crippen LogP contribution in [0.2, 0.25) is 0 Å². The Morgan fingerprint density at radius 2 is 1.71 bits per heavy atom. The normalized spacial score (nSPS) is 12.3. The number of pyridine rings is 1. The number of rotatable bonds is 5. The molecule has 1 aromatic carbocycles. The van der Waals surface area contributed by atoms with Crippen molar-refractivity contribution in [3.63, 3.8) is 0 Å². The van der Waals surface area contributed by atoms with Crippen molar-refractivity contribution in [1.82, 2.24) is 15.5 Å². The van der Waals surface area contributed by atoms with E-state index in [-0.39, 0.29) is 31.2 Å². The summed E-state index contributed by atoms with van der Waals surface area (Å²) >= 11 is 0. The zero-order chi connectivity index (χ0) is 25.5. The van der Waals surface area contributed by atoms with Crippen LogP contribution in [0.5, 0.6) is 5.75 Å². The van der Waals surface area contributed by atoms with Gasteiger partial charge in [-0.2, -0.15) is 0 Å². The van der Waals surface area contributed by atoms with Gasteiger partial charge in [-0.05, 0) is 36.8 Å². The lowest BCUT2D eigenvalue weighted by Gasteiger charge is -2.07. The Bertz CT molecular complexity index is 1020. The van der Waals surface area contributed by atoms with E-state index in [0.717, 1.165) is 0 Å². The molecule has 0 bridgehead atoms. The fourth-order valence-electron chi connectivity index (χ4n) is 3.32. The molecule has 3 N–H and O–H groups in total. The number of carboxylic acid groups (broad SMARTS) is 1. The molecular weight excluding hydrogens is 457 g/mol. The number of aromatic hydroxyl groups is 1. The minimum Gasteiger partial charge on any atom is -0.506 e. The van der Waals surface area contributed by atoms with Gasteiger partial charge in [0.05, 0.1) is 18.4 Å². The number of aryl methyl sites for hydroxylation is 1. The second kappa shape index (κ2) is 15.0. The first kappa shape index (κ1) is 27.3. The highest BCUT2D eigenvalue weighted by atomic mass is 19.1. The van der Waals surface area contributed by atoms with Crippen LogP contribution < -0.4 is 5.32 Å². The van der Waals surface area contributed by atoms with Gasteiger partial charge in [-0.1, -0.05) is 55.8 Å². The quantitative estimate of drug-likeness (QED) is 0.410. The molecule has 1 amide bonds. The number of hydrogen-bond acceptors (Lipinski definition) is 7. The summed E-state index contributed by atoms with van der Waals surface area (Å²) in [6.45, 7) is 1.66. The molecule has 1 aliphatic rings. The van der Waals surface area contributed by atoms with E-state index in [4.69, 9.17) is 19.2 Å². The van der Waals surface area contributed by atoms with Gasteiger partial charge in [-0.3, -0.25) is 4.79 Å². The average Bonchev–Trinajstić information content (AvgIpc) is 3.25. The Hall–Kier alpha value is -3.95. The van der Waals surface area contributed by atoms with Crippen LogP contribution in [0.15, 0.2) is 47.1 Å². The Labute approximate surface area is 202 Å². The first-order valence-electron chi connectivity index (χ1n) is 11.3. The first-order valence-corrected chi connectivity index (χ1v) is 11.3. The van der Waals surface area contributed by atoms with Crippen LogP contribution in [0.25, 0.3) is 11.5 Å². The van der Waals surface area contributed by atoms with Gasteiger partial charge >= 0.3 is 6.09 Å². The summed E-state index contributed by atoms with van der Waals surface area (Å²) in [6.07, 6.45) is 9.67. The second-order valence-corrected chi connectivity index (χ2v) is 7.76. The topological polar surface area (TPSA) is 135 Å². The van der Waals surface area contributed by atoms with Crippen molar-refractivity contribution in [2.45, 2.75) is 58.6 Å². The summed E-state index contributed by atoms with van der Waals surface area (Å²) in [5, 5.41) is 22.7. The smallest absolute Gasteiger partial charge is 0.407 e. The van der Waals surface area contributed by atoms with Crippen molar-refractivity contribution in [2.24, 2.45) is 0 Å². The SMILES string of the molecule is C1CCCCC1.Cc1noc(-c2ccc(O)cn2)c1CNC(=O)OCc1ccc(F)cc1.O=CO. The molecule has 0 spiro atoms. The lowest BCUT2D eigenvalue weighted by Crippen LogP contribution is -2.24. The molecule has 0 saturated heterocycles. The van der Waals surface area contributed by atoms with Crippen molar-refractivity contribution in [3.8, 4) is 17.2 Å². The Morgan fingerprint density at radius 3 is 2.26 bits per heavy atom. The summed E-state index contributed by atoms with van der Waals surface area (Å²) in [5.41, 5.74) is 2.42. The van der Waals surface area contributed by atoms with E-state index in [0.29, 0.717) is 28.3 Å². The third-order valence-corrected chi connectivity index (χ3v) is 5.16. The minimum atomic E-state index is -0.625. The second-order valence-electron chi connectivity index (χ2n) is 7.76. The molecule has 0 unspecified atom stereocenters. The molecule has 2 aromatic heterocycles. The molecule has 35 heavy (non-hydrogen) atoms. The lowest BCUT2D eigenvalue weighted by molar-refractivity contribution is -0.122. The fourth-order valence-corrected chi connectivity index (χ4v) is 3.32. The molecule has 3 aromatic rings. The van der Waals surface area contributed by atoms with Crippen LogP contribution in [0, 0.1) is 12.7 Å². The number of nitrogens with one attached hydrogen (secondary N) is 1. The van der Waals surface area contributed by atoms with Crippen molar-refractivity contribution < 1.29 is 33.5 Å². The lowest BCUT2D eigenvalue weighted by atomic mass is 10.0. The highest BCUT2D eigenvalue weighted by Gasteiger charge is 2.17. The van der Waals surface area contributed by atoms with Crippen LogP contribution in [0.1, 0.15) is 55.3 Å². The predicted octanol–water partition coefficient (Wildman–Crippen LogP) is 5.36. The van der Waals surface area contributed by atoms with Gasteiger partial charge in [0.2, 0.25) is 0 Å². The van der Waals surface area contributed by atoms with Crippen LogP contribution in [-0.2, 0) is 22.7 Å². The number of ether oxygens (including phenoxy) is 1. The number of halogens is 1. The number of alkyl carbamates (subject to hydrolysis) is 1. The standard InChI is InChI=1S/C18H16FN3O4.C6H12.CH2O2/c1-11-15(17(26-22-11)16-7-6-14(23)8-20-16)9-21-18(24)25-10-12-2-4-13(19)5-3-12;1-2-4-6-5-3-1;2-1-3/h2-8,23H,9-10H2,1H3,(H,21,24);1-6H2;1H,(H,2,3). The maximum absolute atomic E-state index is 12.8. The minimum absolute atomic E-state index is 0.0289. The van der Waals surface area contributed by atoms with Gasteiger partial charge in [0.15, 0.2) is 5.76 Å². The largest absolute Gasteiger partial charge is 0.506 e. The van der Waals surface area contributed by atoms with Crippen LogP contribution in [0.3, 0.4) is 0 Å². The van der Waals surface area contributed by atoms with E-state index in [9.17, 15) is 14.3 Å². The zero-order valence-electron chi connectivity index (χ0n) is 19.6. The number of carbonyl (C=O) groups is 2. The third kappa shape index (κ3) is 9.83. The summed E-state index contributed by atoms with van der Waals surface area (Å²) in [5.74, 6) is 0.0897. The van der Waals surface area contributed by atoms with Gasteiger partial charge in [0.1, 0.15) is 23.9 Å². The summed E-state index contributed by atoms with van der Waals surface area (Å²) in [6, 6.07) is 8.75. The molecule has 1 fully saturated rings. The van der Waals surface area contributed by atoms with Gasteiger partial charge in [0.25, 0.3) is 6.47 Å². The highest BCUT2D eigenvalue weighted by molar-refractivity contribution is 5.68. The van der Waals surface area contributed by atoms with Crippen molar-refractivity contribution >= 4 is 12.6 Å². The monoisotopic (exact) mass is 487 g/mol. The van der Waals surface area contributed by atoms with E-state index in [1.165, 1.54) is 62.9 Å². The Morgan fingerprint density at radius 1 is 1.11 bits per heavy atom. The molecular formula is C25H30FN3O6. The number of benzene rings is 1. The molecule has 1 aliphatic carbocycles. The molecule has 0 radical (unpaired) electrons. The van der Waals surface area contributed by atoms with Gasteiger partial charge < -0.3 is 24.8 Å². The maximum Gasteiger partial charge on any atom is 0.407 e. The molecule has 0 aliphatic heterocycles. The Balaban J connectivity index is 0.000000406. The number of carbonyl (C=O) groups excluding carboxylic acids is 1. The van der Waals surface area contributed by atoms with E-state index < -0.39 is 6.09 Å². The van der Waals surface area contributed by atoms with Crippen LogP contribution >= 0.6 is 0 Å². The zero-order valence-corrected chi connectivity index (χ0v) is 19.6. The van der Waals surface area contributed by atoms with Gasteiger partial charge in [-0.15, -0.1) is 0 Å². The van der Waals surface area contributed by atoms with Gasteiger partial charge in [0, 0.05) is 5.56 Å². The van der Waals surface area contributed by atoms with Crippen molar-refractivity contribution in [3.05, 3.63) is 65.2 Å².